The lowest BCUT2D eigenvalue weighted by Crippen LogP contribution is -2.49. The van der Waals surface area contributed by atoms with E-state index in [0.717, 1.165) is 12.5 Å². The van der Waals surface area contributed by atoms with Crippen molar-refractivity contribution in [1.29, 1.82) is 0 Å². The quantitative estimate of drug-likeness (QED) is 0.557. The molecule has 0 bridgehead atoms. The number of rotatable bonds is 0. The molecule has 0 aromatic carbocycles. The first-order valence-corrected chi connectivity index (χ1v) is 4.70. The molecule has 62 valence electrons. The van der Waals surface area contributed by atoms with Gasteiger partial charge in [0.05, 0.1) is 6.61 Å². The third-order valence-corrected chi connectivity index (χ3v) is 2.88. The van der Waals surface area contributed by atoms with E-state index in [2.05, 4.69) is 5.32 Å². The van der Waals surface area contributed by atoms with Crippen LogP contribution in [0.5, 0.6) is 0 Å². The van der Waals surface area contributed by atoms with Gasteiger partial charge in [-0.05, 0) is 25.1 Å². The van der Waals surface area contributed by atoms with Gasteiger partial charge in [-0.3, -0.25) is 0 Å². The molecule has 0 radical (unpaired) electrons. The van der Waals surface area contributed by atoms with Crippen molar-refractivity contribution in [3.8, 4) is 0 Å². The van der Waals surface area contributed by atoms with E-state index in [4.69, 9.17) is 17.0 Å². The molecule has 0 unspecified atom stereocenters. The summed E-state index contributed by atoms with van der Waals surface area (Å²) >= 11 is 4.94. The van der Waals surface area contributed by atoms with Gasteiger partial charge in [-0.2, -0.15) is 0 Å². The Kier molecular flexibility index (Phi) is 1.98. The summed E-state index contributed by atoms with van der Waals surface area (Å²) in [6.07, 6.45) is 5.28. The number of hydrogen-bond acceptors (Lipinski definition) is 2. The van der Waals surface area contributed by atoms with Crippen LogP contribution in [-0.2, 0) is 4.74 Å². The molecule has 0 amide bonds. The molecule has 3 heteroatoms. The minimum Gasteiger partial charge on any atom is -0.471 e. The van der Waals surface area contributed by atoms with E-state index in [9.17, 15) is 0 Å². The first kappa shape index (κ1) is 7.35. The Balaban J connectivity index is 1.98. The van der Waals surface area contributed by atoms with Crippen LogP contribution in [0.4, 0.5) is 0 Å². The van der Waals surface area contributed by atoms with Crippen LogP contribution in [-0.4, -0.2) is 17.8 Å². The van der Waals surface area contributed by atoms with Crippen molar-refractivity contribution in [2.75, 3.05) is 6.61 Å². The van der Waals surface area contributed by atoms with Crippen LogP contribution < -0.4 is 5.32 Å². The fraction of sp³-hybridized carbons (Fsp3) is 0.875. The van der Waals surface area contributed by atoms with Gasteiger partial charge in [-0.25, -0.2) is 0 Å². The highest BCUT2D eigenvalue weighted by Gasteiger charge is 2.29. The molecule has 2 fully saturated rings. The minimum absolute atomic E-state index is 0.605. The third-order valence-electron chi connectivity index (χ3n) is 2.64. The van der Waals surface area contributed by atoms with Crippen LogP contribution in [0.25, 0.3) is 0 Å². The molecule has 2 nitrogen and oxygen atoms in total. The van der Waals surface area contributed by atoms with E-state index >= 15 is 0 Å². The van der Waals surface area contributed by atoms with Gasteiger partial charge in [-0.1, -0.05) is 12.8 Å². The van der Waals surface area contributed by atoms with Gasteiger partial charge in [0.2, 0.25) is 0 Å². The molecule has 2 rings (SSSR count). The summed E-state index contributed by atoms with van der Waals surface area (Å²) in [5.41, 5.74) is 0. The molecule has 0 spiro atoms. The molecule has 11 heavy (non-hydrogen) atoms. The number of nitrogens with one attached hydrogen (secondary N) is 1. The van der Waals surface area contributed by atoms with Crippen molar-refractivity contribution in [2.24, 2.45) is 5.92 Å². The maximum absolute atomic E-state index is 5.27. The lowest BCUT2D eigenvalue weighted by molar-refractivity contribution is 0.130. The first-order valence-electron chi connectivity index (χ1n) is 4.29. The molecule has 1 heterocycles. The van der Waals surface area contributed by atoms with Crippen LogP contribution in [0.3, 0.4) is 0 Å². The lowest BCUT2D eigenvalue weighted by Gasteiger charge is -2.36. The minimum atomic E-state index is 0.605. The van der Waals surface area contributed by atoms with E-state index in [1.54, 1.807) is 0 Å². The summed E-state index contributed by atoms with van der Waals surface area (Å²) in [6, 6.07) is 0.616. The zero-order chi connectivity index (χ0) is 7.68. The third kappa shape index (κ3) is 1.48. The second kappa shape index (κ2) is 2.97. The maximum Gasteiger partial charge on any atom is 0.256 e. The molecule has 0 aromatic heterocycles. The van der Waals surface area contributed by atoms with Gasteiger partial charge in [-0.15, -0.1) is 0 Å². The fourth-order valence-electron chi connectivity index (χ4n) is 1.97. The molecular weight excluding hydrogens is 158 g/mol. The average Bonchev–Trinajstić information content (AvgIpc) is 2.04. The normalized spacial score (nSPS) is 36.9. The Hall–Kier alpha value is -0.310. The van der Waals surface area contributed by atoms with Crippen LogP contribution >= 0.6 is 12.2 Å². The van der Waals surface area contributed by atoms with E-state index in [0.29, 0.717) is 11.2 Å². The van der Waals surface area contributed by atoms with Crippen LogP contribution in [0.1, 0.15) is 25.7 Å². The van der Waals surface area contributed by atoms with E-state index < -0.39 is 0 Å². The second-order valence-corrected chi connectivity index (χ2v) is 3.76. The van der Waals surface area contributed by atoms with Crippen molar-refractivity contribution in [2.45, 2.75) is 31.7 Å². The van der Waals surface area contributed by atoms with Crippen LogP contribution in [0.2, 0.25) is 0 Å². The number of fused-ring (bicyclic) bond motifs is 1. The van der Waals surface area contributed by atoms with Crippen molar-refractivity contribution < 1.29 is 4.74 Å². The summed E-state index contributed by atoms with van der Waals surface area (Å²) in [7, 11) is 0. The highest BCUT2D eigenvalue weighted by molar-refractivity contribution is 7.80. The van der Waals surface area contributed by atoms with Crippen molar-refractivity contribution in [3.05, 3.63) is 0 Å². The summed E-state index contributed by atoms with van der Waals surface area (Å²) in [5.74, 6) is 0.718. The van der Waals surface area contributed by atoms with Gasteiger partial charge >= 0.3 is 0 Å². The molecule has 1 saturated heterocycles. The molecule has 1 saturated carbocycles. The zero-order valence-corrected chi connectivity index (χ0v) is 7.32. The number of thiocarbonyl (C=S) groups is 1. The largest absolute Gasteiger partial charge is 0.471 e. The van der Waals surface area contributed by atoms with Gasteiger partial charge in [0.15, 0.2) is 0 Å². The average molecular weight is 171 g/mol. The maximum atomic E-state index is 5.27. The Labute approximate surface area is 72.3 Å². The summed E-state index contributed by atoms with van der Waals surface area (Å²) < 4.78 is 5.27. The van der Waals surface area contributed by atoms with Crippen molar-refractivity contribution >= 4 is 17.4 Å². The van der Waals surface area contributed by atoms with Crippen molar-refractivity contribution in [3.63, 3.8) is 0 Å². The summed E-state index contributed by atoms with van der Waals surface area (Å²) in [5, 5.41) is 3.83. The van der Waals surface area contributed by atoms with Gasteiger partial charge in [0, 0.05) is 12.0 Å². The lowest BCUT2D eigenvalue weighted by atomic mass is 9.84. The second-order valence-electron chi connectivity index (χ2n) is 3.39. The molecule has 1 aliphatic carbocycles. The Morgan fingerprint density at radius 2 is 2.18 bits per heavy atom. The number of ether oxygens (including phenoxy) is 1. The fourth-order valence-corrected chi connectivity index (χ4v) is 2.19. The van der Waals surface area contributed by atoms with E-state index in [-0.39, 0.29) is 0 Å². The Morgan fingerprint density at radius 1 is 1.36 bits per heavy atom. The molecule has 0 aromatic rings. The zero-order valence-electron chi connectivity index (χ0n) is 6.51. The molecule has 2 atom stereocenters. The Bertz CT molecular complexity index is 171. The predicted molar refractivity (Wildman–Crippen MR) is 47.4 cm³/mol. The molecule has 2 aliphatic rings. The Morgan fingerprint density at radius 3 is 3.09 bits per heavy atom. The topological polar surface area (TPSA) is 21.3 Å². The standard InChI is InChI=1S/C8H13NOS/c11-8-9-7-4-2-1-3-6(7)5-10-8/h6-7H,1-5H2,(H,9,11)/t6-,7-/m0/s1. The highest BCUT2D eigenvalue weighted by atomic mass is 32.1. The van der Waals surface area contributed by atoms with Crippen LogP contribution in [0, 0.1) is 5.92 Å². The predicted octanol–water partition coefficient (Wildman–Crippen LogP) is 1.45. The SMILES string of the molecule is S=C1N[C@H]2CCCC[C@H]2CO1. The summed E-state index contributed by atoms with van der Waals surface area (Å²) in [4.78, 5) is 0. The van der Waals surface area contributed by atoms with Crippen molar-refractivity contribution in [1.82, 2.24) is 5.32 Å². The molecule has 1 aliphatic heterocycles. The smallest absolute Gasteiger partial charge is 0.256 e. The van der Waals surface area contributed by atoms with E-state index in [1.807, 2.05) is 0 Å². The first-order chi connectivity index (χ1) is 5.36. The number of hydrogen-bond donors (Lipinski definition) is 1. The monoisotopic (exact) mass is 171 g/mol. The van der Waals surface area contributed by atoms with Gasteiger partial charge in [0.1, 0.15) is 0 Å². The highest BCUT2D eigenvalue weighted by Crippen LogP contribution is 2.26. The molecule has 1 N–H and O–H groups in total. The molecular formula is C8H13NOS. The van der Waals surface area contributed by atoms with Gasteiger partial charge < -0.3 is 10.1 Å². The van der Waals surface area contributed by atoms with E-state index in [1.165, 1.54) is 25.7 Å². The summed E-state index contributed by atoms with van der Waals surface area (Å²) in [6.45, 7) is 0.844. The van der Waals surface area contributed by atoms with Crippen LogP contribution in [0.15, 0.2) is 0 Å². The van der Waals surface area contributed by atoms with Gasteiger partial charge in [0.25, 0.3) is 5.17 Å².